The summed E-state index contributed by atoms with van der Waals surface area (Å²) in [7, 11) is 0. The van der Waals surface area contributed by atoms with Crippen molar-refractivity contribution < 1.29 is 9.53 Å². The van der Waals surface area contributed by atoms with Crippen LogP contribution in [0.15, 0.2) is 24.3 Å². The molecule has 0 saturated heterocycles. The molecule has 0 heterocycles. The van der Waals surface area contributed by atoms with Crippen molar-refractivity contribution in [3.05, 3.63) is 34.9 Å². The van der Waals surface area contributed by atoms with Crippen molar-refractivity contribution >= 4 is 17.5 Å². The first-order chi connectivity index (χ1) is 7.13. The minimum absolute atomic E-state index is 0.349. The first-order valence-electron chi connectivity index (χ1n) is 4.79. The second-order valence-corrected chi connectivity index (χ2v) is 3.68. The molecule has 82 valence electrons. The monoisotopic (exact) mass is 227 g/mol. The number of benzene rings is 1. The molecule has 1 aromatic carbocycles. The van der Waals surface area contributed by atoms with Gasteiger partial charge in [-0.15, -0.1) is 0 Å². The lowest BCUT2D eigenvalue weighted by Gasteiger charge is -2.12. The van der Waals surface area contributed by atoms with Crippen LogP contribution in [0.5, 0.6) is 0 Å². The Kier molecular flexibility index (Phi) is 4.59. The van der Waals surface area contributed by atoms with Gasteiger partial charge in [0, 0.05) is 5.02 Å². The molecule has 2 N–H and O–H groups in total. The minimum Gasteiger partial charge on any atom is -0.367 e. The number of halogens is 1. The van der Waals surface area contributed by atoms with Crippen molar-refractivity contribution in [1.82, 2.24) is 0 Å². The van der Waals surface area contributed by atoms with Crippen molar-refractivity contribution in [3.63, 3.8) is 0 Å². The largest absolute Gasteiger partial charge is 0.367 e. The molecule has 0 aromatic heterocycles. The molecule has 1 rings (SSSR count). The Labute approximate surface area is 94.2 Å². The van der Waals surface area contributed by atoms with E-state index in [1.165, 1.54) is 0 Å². The van der Waals surface area contributed by atoms with Crippen LogP contribution in [0.1, 0.15) is 18.9 Å². The molecule has 4 heteroatoms. The van der Waals surface area contributed by atoms with Gasteiger partial charge in [0.15, 0.2) is 0 Å². The normalized spacial score (nSPS) is 12.4. The molecule has 1 atom stereocenters. The lowest BCUT2D eigenvalue weighted by atomic mass is 10.2. The number of carbonyl (C=O) groups is 1. The Morgan fingerprint density at radius 2 is 2.33 bits per heavy atom. The number of rotatable bonds is 5. The highest BCUT2D eigenvalue weighted by Gasteiger charge is 2.12. The summed E-state index contributed by atoms with van der Waals surface area (Å²) in [5.41, 5.74) is 6.08. The van der Waals surface area contributed by atoms with E-state index < -0.39 is 12.0 Å². The van der Waals surface area contributed by atoms with Gasteiger partial charge in [0.1, 0.15) is 6.10 Å². The lowest BCUT2D eigenvalue weighted by molar-refractivity contribution is -0.130. The van der Waals surface area contributed by atoms with Crippen LogP contribution in [0.3, 0.4) is 0 Å². The highest BCUT2D eigenvalue weighted by atomic mass is 35.5. The van der Waals surface area contributed by atoms with Gasteiger partial charge >= 0.3 is 0 Å². The molecule has 0 fully saturated rings. The average molecular weight is 228 g/mol. The fourth-order valence-electron chi connectivity index (χ4n) is 1.22. The molecule has 0 aliphatic rings. The summed E-state index contributed by atoms with van der Waals surface area (Å²) in [4.78, 5) is 10.9. The highest BCUT2D eigenvalue weighted by Crippen LogP contribution is 2.12. The third-order valence-electron chi connectivity index (χ3n) is 2.03. The van der Waals surface area contributed by atoms with Gasteiger partial charge in [-0.2, -0.15) is 0 Å². The summed E-state index contributed by atoms with van der Waals surface area (Å²) in [6.45, 7) is 2.20. The molecule has 1 amide bonds. The molecular weight excluding hydrogens is 214 g/mol. The molecule has 1 aromatic rings. The van der Waals surface area contributed by atoms with Crippen molar-refractivity contribution in [2.24, 2.45) is 5.73 Å². The molecule has 1 unspecified atom stereocenters. The Bertz CT molecular complexity index is 341. The van der Waals surface area contributed by atoms with E-state index in [4.69, 9.17) is 22.1 Å². The van der Waals surface area contributed by atoms with E-state index in [0.29, 0.717) is 18.1 Å². The van der Waals surface area contributed by atoms with E-state index in [-0.39, 0.29) is 0 Å². The van der Waals surface area contributed by atoms with Gasteiger partial charge in [-0.1, -0.05) is 30.7 Å². The molecule has 0 aliphatic heterocycles. The maximum atomic E-state index is 10.9. The maximum Gasteiger partial charge on any atom is 0.246 e. The number of carbonyl (C=O) groups excluding carboxylic acids is 1. The first kappa shape index (κ1) is 12.0. The van der Waals surface area contributed by atoms with Crippen molar-refractivity contribution in [2.45, 2.75) is 26.1 Å². The summed E-state index contributed by atoms with van der Waals surface area (Å²) in [5, 5.41) is 0.656. The predicted molar refractivity (Wildman–Crippen MR) is 59.5 cm³/mol. The summed E-state index contributed by atoms with van der Waals surface area (Å²) in [6.07, 6.45) is 0.0552. The Morgan fingerprint density at radius 3 is 2.87 bits per heavy atom. The second-order valence-electron chi connectivity index (χ2n) is 3.24. The number of hydrogen-bond acceptors (Lipinski definition) is 2. The zero-order valence-electron chi connectivity index (χ0n) is 8.57. The maximum absolute atomic E-state index is 10.9. The van der Waals surface area contributed by atoms with Crippen LogP contribution in [0.25, 0.3) is 0 Å². The van der Waals surface area contributed by atoms with E-state index in [1.54, 1.807) is 12.1 Å². The second kappa shape index (κ2) is 5.73. The zero-order chi connectivity index (χ0) is 11.3. The van der Waals surface area contributed by atoms with Crippen molar-refractivity contribution in [2.75, 3.05) is 0 Å². The number of nitrogens with two attached hydrogens (primary N) is 1. The van der Waals surface area contributed by atoms with Gasteiger partial charge in [-0.3, -0.25) is 4.79 Å². The van der Waals surface area contributed by atoms with E-state index in [0.717, 1.165) is 5.56 Å². The molecule has 0 saturated carbocycles. The Hall–Kier alpha value is -1.06. The summed E-state index contributed by atoms with van der Waals surface area (Å²) < 4.78 is 5.36. The van der Waals surface area contributed by atoms with E-state index >= 15 is 0 Å². The van der Waals surface area contributed by atoms with E-state index in [1.807, 2.05) is 19.1 Å². The number of hydrogen-bond donors (Lipinski definition) is 1. The summed E-state index contributed by atoms with van der Waals surface area (Å²) in [5.74, 6) is -0.431. The number of amides is 1. The summed E-state index contributed by atoms with van der Waals surface area (Å²) >= 11 is 5.81. The van der Waals surface area contributed by atoms with Crippen LogP contribution < -0.4 is 5.73 Å². The van der Waals surface area contributed by atoms with Gasteiger partial charge < -0.3 is 10.5 Å². The quantitative estimate of drug-likeness (QED) is 0.838. The lowest BCUT2D eigenvalue weighted by Crippen LogP contribution is -2.30. The minimum atomic E-state index is -0.524. The molecule has 0 bridgehead atoms. The summed E-state index contributed by atoms with van der Waals surface area (Å²) in [6, 6.07) is 7.32. The molecule has 0 spiro atoms. The van der Waals surface area contributed by atoms with Crippen LogP contribution in [0.2, 0.25) is 5.02 Å². The standard InChI is InChI=1S/C11H14ClNO2/c1-2-10(11(13)14)15-7-8-4-3-5-9(12)6-8/h3-6,10H,2,7H2,1H3,(H2,13,14). The molecule has 15 heavy (non-hydrogen) atoms. The van der Waals surface area contributed by atoms with Crippen LogP contribution >= 0.6 is 11.6 Å². The van der Waals surface area contributed by atoms with Crippen LogP contribution in [0, 0.1) is 0 Å². The van der Waals surface area contributed by atoms with Crippen molar-refractivity contribution in [3.8, 4) is 0 Å². The fourth-order valence-corrected chi connectivity index (χ4v) is 1.44. The molecular formula is C11H14ClNO2. The van der Waals surface area contributed by atoms with Crippen LogP contribution in [-0.4, -0.2) is 12.0 Å². The number of primary amides is 1. The average Bonchev–Trinajstić information content (AvgIpc) is 2.18. The van der Waals surface area contributed by atoms with Gasteiger partial charge in [0.05, 0.1) is 6.61 Å². The third kappa shape index (κ3) is 3.90. The molecule has 3 nitrogen and oxygen atoms in total. The van der Waals surface area contributed by atoms with Gasteiger partial charge in [0.25, 0.3) is 0 Å². The van der Waals surface area contributed by atoms with Crippen LogP contribution in [0.4, 0.5) is 0 Å². The predicted octanol–water partition coefficient (Wildman–Crippen LogP) is 2.12. The SMILES string of the molecule is CCC(OCc1cccc(Cl)c1)C(N)=O. The molecule has 0 aliphatic carbocycles. The van der Waals surface area contributed by atoms with Gasteiger partial charge in [-0.05, 0) is 24.1 Å². The smallest absolute Gasteiger partial charge is 0.246 e. The first-order valence-corrected chi connectivity index (χ1v) is 5.16. The zero-order valence-corrected chi connectivity index (χ0v) is 9.33. The third-order valence-corrected chi connectivity index (χ3v) is 2.26. The Morgan fingerprint density at radius 1 is 1.60 bits per heavy atom. The van der Waals surface area contributed by atoms with E-state index in [2.05, 4.69) is 0 Å². The topological polar surface area (TPSA) is 52.3 Å². The number of ether oxygens (including phenoxy) is 1. The van der Waals surface area contributed by atoms with Gasteiger partial charge in [0.2, 0.25) is 5.91 Å². The Balaban J connectivity index is 2.52. The van der Waals surface area contributed by atoms with Crippen LogP contribution in [-0.2, 0) is 16.1 Å². The van der Waals surface area contributed by atoms with E-state index in [9.17, 15) is 4.79 Å². The van der Waals surface area contributed by atoms with Gasteiger partial charge in [-0.25, -0.2) is 0 Å². The van der Waals surface area contributed by atoms with Crippen molar-refractivity contribution in [1.29, 1.82) is 0 Å². The highest BCUT2D eigenvalue weighted by molar-refractivity contribution is 6.30. The fraction of sp³-hybridized carbons (Fsp3) is 0.364. The molecule has 0 radical (unpaired) electrons.